The molecule has 116 valence electrons. The normalized spacial score (nSPS) is 16.4. The number of carbonyl (C=O) groups excluding carboxylic acids is 1. The van der Waals surface area contributed by atoms with Crippen molar-refractivity contribution in [3.63, 3.8) is 0 Å². The first kappa shape index (κ1) is 16.2. The summed E-state index contributed by atoms with van der Waals surface area (Å²) in [5, 5.41) is 0.734. The molecule has 0 unspecified atom stereocenters. The lowest BCUT2D eigenvalue weighted by Gasteiger charge is -2.31. The second kappa shape index (κ2) is 6.29. The van der Waals surface area contributed by atoms with Crippen LogP contribution in [0.2, 0.25) is 0 Å². The van der Waals surface area contributed by atoms with E-state index in [2.05, 4.69) is 15.9 Å². The van der Waals surface area contributed by atoms with E-state index in [0.717, 1.165) is 10.2 Å². The van der Waals surface area contributed by atoms with Crippen LogP contribution in [0.4, 0.5) is 22.0 Å². The molecule has 0 saturated carbocycles. The summed E-state index contributed by atoms with van der Waals surface area (Å²) >= 11 is 3.30. The van der Waals surface area contributed by atoms with Crippen LogP contribution < -0.4 is 0 Å². The van der Waals surface area contributed by atoms with Gasteiger partial charge in [0, 0.05) is 18.4 Å². The van der Waals surface area contributed by atoms with Gasteiger partial charge in [0.1, 0.15) is 5.56 Å². The fourth-order valence-corrected chi connectivity index (χ4v) is 2.89. The highest BCUT2D eigenvalue weighted by Crippen LogP contribution is 2.26. The Bertz CT molecular complexity index is 543. The molecule has 0 bridgehead atoms. The Labute approximate surface area is 126 Å². The van der Waals surface area contributed by atoms with E-state index in [-0.39, 0.29) is 13.1 Å². The standard InChI is InChI=1S/C13H11BrF5NO/c14-5-6-1-3-20(4-2-6)13(21)7-8(15)10(17)12(19)11(18)9(7)16/h6H,1-5H2. The number of alkyl halides is 1. The lowest BCUT2D eigenvalue weighted by atomic mass is 9.98. The maximum atomic E-state index is 13.6. The molecular formula is C13H11BrF5NO. The highest BCUT2D eigenvalue weighted by molar-refractivity contribution is 9.09. The van der Waals surface area contributed by atoms with Crippen LogP contribution in [0.1, 0.15) is 23.2 Å². The molecule has 1 heterocycles. The topological polar surface area (TPSA) is 20.3 Å². The molecule has 0 N–H and O–H groups in total. The van der Waals surface area contributed by atoms with Gasteiger partial charge in [0.15, 0.2) is 23.3 Å². The minimum atomic E-state index is -2.26. The number of benzene rings is 1. The molecule has 1 aromatic rings. The van der Waals surface area contributed by atoms with E-state index >= 15 is 0 Å². The summed E-state index contributed by atoms with van der Waals surface area (Å²) in [4.78, 5) is 13.1. The van der Waals surface area contributed by atoms with Gasteiger partial charge in [-0.05, 0) is 18.8 Å². The van der Waals surface area contributed by atoms with Gasteiger partial charge in [0.2, 0.25) is 5.82 Å². The SMILES string of the molecule is O=C(c1c(F)c(F)c(F)c(F)c1F)N1CCC(CBr)CC1. The van der Waals surface area contributed by atoms with Crippen molar-refractivity contribution in [2.24, 2.45) is 5.92 Å². The highest BCUT2D eigenvalue weighted by atomic mass is 79.9. The van der Waals surface area contributed by atoms with Crippen LogP contribution in [-0.2, 0) is 0 Å². The first-order valence-electron chi connectivity index (χ1n) is 6.25. The van der Waals surface area contributed by atoms with Crippen molar-refractivity contribution < 1.29 is 26.7 Å². The molecule has 0 spiro atoms. The monoisotopic (exact) mass is 371 g/mol. The predicted molar refractivity (Wildman–Crippen MR) is 68.7 cm³/mol. The number of amides is 1. The van der Waals surface area contributed by atoms with Gasteiger partial charge in [-0.25, -0.2) is 22.0 Å². The third-order valence-corrected chi connectivity index (χ3v) is 4.46. The lowest BCUT2D eigenvalue weighted by Crippen LogP contribution is -2.40. The minimum absolute atomic E-state index is 0.217. The molecule has 21 heavy (non-hydrogen) atoms. The summed E-state index contributed by atoms with van der Waals surface area (Å²) in [6, 6.07) is 0. The fraction of sp³-hybridized carbons (Fsp3) is 0.462. The maximum Gasteiger partial charge on any atom is 0.260 e. The predicted octanol–water partition coefficient (Wildman–Crippen LogP) is 3.63. The van der Waals surface area contributed by atoms with Crippen LogP contribution in [0.15, 0.2) is 0 Å². The van der Waals surface area contributed by atoms with Gasteiger partial charge in [0.05, 0.1) is 0 Å². The van der Waals surface area contributed by atoms with Crippen molar-refractivity contribution in [3.8, 4) is 0 Å². The maximum absolute atomic E-state index is 13.6. The first-order valence-corrected chi connectivity index (χ1v) is 7.37. The van der Waals surface area contributed by atoms with Crippen LogP contribution in [-0.4, -0.2) is 29.2 Å². The zero-order valence-electron chi connectivity index (χ0n) is 10.7. The van der Waals surface area contributed by atoms with Crippen molar-refractivity contribution in [2.75, 3.05) is 18.4 Å². The molecule has 0 radical (unpaired) electrons. The third-order valence-electron chi connectivity index (χ3n) is 3.54. The third kappa shape index (κ3) is 2.90. The van der Waals surface area contributed by atoms with Crippen LogP contribution in [0.5, 0.6) is 0 Å². The smallest absolute Gasteiger partial charge is 0.260 e. The summed E-state index contributed by atoms with van der Waals surface area (Å²) in [7, 11) is 0. The Morgan fingerprint density at radius 1 is 0.952 bits per heavy atom. The highest BCUT2D eigenvalue weighted by Gasteiger charge is 2.33. The molecule has 1 aliphatic heterocycles. The van der Waals surface area contributed by atoms with Crippen LogP contribution in [0.25, 0.3) is 0 Å². The van der Waals surface area contributed by atoms with E-state index in [1.807, 2.05) is 0 Å². The second-order valence-corrected chi connectivity index (χ2v) is 5.48. The Kier molecular flexibility index (Phi) is 4.85. The molecule has 1 saturated heterocycles. The van der Waals surface area contributed by atoms with E-state index in [0.29, 0.717) is 18.8 Å². The van der Waals surface area contributed by atoms with Gasteiger partial charge < -0.3 is 4.90 Å². The van der Waals surface area contributed by atoms with Gasteiger partial charge in [-0.3, -0.25) is 4.79 Å². The van der Waals surface area contributed by atoms with Gasteiger partial charge >= 0.3 is 0 Å². The molecule has 1 aromatic carbocycles. The van der Waals surface area contributed by atoms with Crippen LogP contribution in [0, 0.1) is 35.0 Å². The molecule has 0 atom stereocenters. The van der Waals surface area contributed by atoms with E-state index in [1.165, 1.54) is 0 Å². The molecule has 2 rings (SSSR count). The van der Waals surface area contributed by atoms with Gasteiger partial charge in [-0.2, -0.15) is 0 Å². The molecule has 1 fully saturated rings. The van der Waals surface area contributed by atoms with Crippen molar-refractivity contribution in [1.82, 2.24) is 4.90 Å². The Morgan fingerprint density at radius 2 is 1.38 bits per heavy atom. The quantitative estimate of drug-likeness (QED) is 0.336. The van der Waals surface area contributed by atoms with E-state index < -0.39 is 40.6 Å². The van der Waals surface area contributed by atoms with Gasteiger partial charge in [-0.15, -0.1) is 0 Å². The molecule has 1 amide bonds. The molecule has 2 nitrogen and oxygen atoms in total. The number of hydrogen-bond acceptors (Lipinski definition) is 1. The number of rotatable bonds is 2. The number of nitrogens with zero attached hydrogens (tertiary/aromatic N) is 1. The Balaban J connectivity index is 2.32. The largest absolute Gasteiger partial charge is 0.338 e. The lowest BCUT2D eigenvalue weighted by molar-refractivity contribution is 0.0685. The van der Waals surface area contributed by atoms with E-state index in [1.54, 1.807) is 0 Å². The van der Waals surface area contributed by atoms with Crippen LogP contribution >= 0.6 is 15.9 Å². The Morgan fingerprint density at radius 3 is 1.81 bits per heavy atom. The number of piperidine rings is 1. The van der Waals surface area contributed by atoms with E-state index in [4.69, 9.17) is 0 Å². The molecular weight excluding hydrogens is 361 g/mol. The number of halogens is 6. The van der Waals surface area contributed by atoms with Crippen molar-refractivity contribution in [3.05, 3.63) is 34.6 Å². The molecule has 0 aliphatic carbocycles. The van der Waals surface area contributed by atoms with Gasteiger partial charge in [0.25, 0.3) is 5.91 Å². The fourth-order valence-electron chi connectivity index (χ4n) is 2.24. The molecule has 0 aromatic heterocycles. The average Bonchev–Trinajstić information content (AvgIpc) is 2.51. The first-order chi connectivity index (χ1) is 9.88. The second-order valence-electron chi connectivity index (χ2n) is 4.83. The zero-order valence-corrected chi connectivity index (χ0v) is 12.3. The summed E-state index contributed by atoms with van der Waals surface area (Å²) in [5.41, 5.74) is -1.39. The minimum Gasteiger partial charge on any atom is -0.338 e. The summed E-state index contributed by atoms with van der Waals surface area (Å²) in [6.07, 6.45) is 1.21. The van der Waals surface area contributed by atoms with Crippen molar-refractivity contribution >= 4 is 21.8 Å². The zero-order chi connectivity index (χ0) is 15.7. The van der Waals surface area contributed by atoms with Crippen molar-refractivity contribution in [2.45, 2.75) is 12.8 Å². The summed E-state index contributed by atoms with van der Waals surface area (Å²) in [5.74, 6) is -11.5. The summed E-state index contributed by atoms with van der Waals surface area (Å²) < 4.78 is 66.3. The van der Waals surface area contributed by atoms with Gasteiger partial charge in [-0.1, -0.05) is 15.9 Å². The number of likely N-dealkylation sites (tertiary alicyclic amines) is 1. The molecule has 8 heteroatoms. The summed E-state index contributed by atoms with van der Waals surface area (Å²) in [6.45, 7) is 0.434. The van der Waals surface area contributed by atoms with E-state index in [9.17, 15) is 26.7 Å². The number of hydrogen-bond donors (Lipinski definition) is 0. The molecule has 1 aliphatic rings. The van der Waals surface area contributed by atoms with Crippen molar-refractivity contribution in [1.29, 1.82) is 0 Å². The number of carbonyl (C=O) groups is 1. The average molecular weight is 372 g/mol. The Hall–Kier alpha value is -1.18. The van der Waals surface area contributed by atoms with Crippen LogP contribution in [0.3, 0.4) is 0 Å².